The Morgan fingerprint density at radius 2 is 2.08 bits per heavy atom. The highest BCUT2D eigenvalue weighted by Gasteiger charge is 2.14. The van der Waals surface area contributed by atoms with Gasteiger partial charge in [0.25, 0.3) is 5.91 Å². The Morgan fingerprint density at radius 3 is 2.79 bits per heavy atom. The summed E-state index contributed by atoms with van der Waals surface area (Å²) in [5.41, 5.74) is 3.88. The van der Waals surface area contributed by atoms with Crippen molar-refractivity contribution in [3.05, 3.63) is 73.1 Å². The maximum atomic E-state index is 12.2. The Labute approximate surface area is 159 Å². The fraction of sp³-hybridized carbons (Fsp3) is 0.0625. The number of halogens is 2. The van der Waals surface area contributed by atoms with E-state index in [2.05, 4.69) is 47.5 Å². The molecular weight excluding hydrogens is 456 g/mol. The van der Waals surface area contributed by atoms with E-state index in [0.717, 1.165) is 14.9 Å². The summed E-state index contributed by atoms with van der Waals surface area (Å²) in [4.78, 5) is 13.1. The van der Waals surface area contributed by atoms with Crippen LogP contribution in [-0.4, -0.2) is 21.9 Å². The molecule has 3 aromatic rings. The van der Waals surface area contributed by atoms with Crippen molar-refractivity contribution in [2.45, 2.75) is 6.54 Å². The Kier molecular flexibility index (Phi) is 5.60. The van der Waals surface area contributed by atoms with Crippen LogP contribution in [0, 0.1) is 0 Å². The van der Waals surface area contributed by atoms with Crippen LogP contribution in [0.15, 0.2) is 62.0 Å². The number of nitrogens with zero attached hydrogens (tertiary/aromatic N) is 3. The van der Waals surface area contributed by atoms with E-state index >= 15 is 0 Å². The molecule has 122 valence electrons. The normalized spacial score (nSPS) is 11.1. The van der Waals surface area contributed by atoms with E-state index < -0.39 is 0 Å². The number of rotatable bonds is 5. The molecule has 0 spiro atoms. The molecule has 1 amide bonds. The average Bonchev–Trinajstić information content (AvgIpc) is 3.19. The van der Waals surface area contributed by atoms with E-state index in [4.69, 9.17) is 0 Å². The van der Waals surface area contributed by atoms with Crippen molar-refractivity contribution < 1.29 is 4.79 Å². The van der Waals surface area contributed by atoms with Crippen LogP contribution in [0.3, 0.4) is 0 Å². The van der Waals surface area contributed by atoms with Crippen molar-refractivity contribution in [1.82, 2.24) is 15.2 Å². The van der Waals surface area contributed by atoms with E-state index in [1.54, 1.807) is 28.4 Å². The lowest BCUT2D eigenvalue weighted by molar-refractivity contribution is 0.0948. The fourth-order valence-corrected chi connectivity index (χ4v) is 3.33. The molecule has 0 aliphatic rings. The van der Waals surface area contributed by atoms with Gasteiger partial charge in [0.1, 0.15) is 0 Å². The first kappa shape index (κ1) is 17.1. The van der Waals surface area contributed by atoms with E-state index in [-0.39, 0.29) is 5.91 Å². The van der Waals surface area contributed by atoms with Gasteiger partial charge in [0.15, 0.2) is 5.69 Å². The second-order valence-electron chi connectivity index (χ2n) is 4.86. The quantitative estimate of drug-likeness (QED) is 0.449. The molecule has 3 rings (SSSR count). The molecule has 0 aliphatic carbocycles. The summed E-state index contributed by atoms with van der Waals surface area (Å²) in [7, 11) is 0. The molecule has 8 heteroatoms. The molecule has 0 aliphatic heterocycles. The highest BCUT2D eigenvalue weighted by atomic mass is 79.9. The molecule has 0 bridgehead atoms. The first-order chi connectivity index (χ1) is 11.6. The van der Waals surface area contributed by atoms with Crippen molar-refractivity contribution in [3.8, 4) is 0 Å². The molecule has 5 nitrogen and oxygen atoms in total. The van der Waals surface area contributed by atoms with Crippen molar-refractivity contribution in [1.29, 1.82) is 0 Å². The minimum atomic E-state index is -0.357. The van der Waals surface area contributed by atoms with Crippen molar-refractivity contribution in [2.75, 3.05) is 0 Å². The number of hydrogen-bond acceptors (Lipinski definition) is 4. The third-order valence-corrected chi connectivity index (χ3v) is 5.01. The number of hydrogen-bond donors (Lipinski definition) is 1. The molecule has 0 atom stereocenters. The molecule has 2 heterocycles. The summed E-state index contributed by atoms with van der Waals surface area (Å²) in [6, 6.07) is 11.8. The van der Waals surface area contributed by atoms with E-state index in [1.807, 2.05) is 41.8 Å². The lowest BCUT2D eigenvalue weighted by Crippen LogP contribution is -2.19. The highest BCUT2D eigenvalue weighted by molar-refractivity contribution is 9.10. The standard InChI is InChI=1S/C16H12Br2N4OS/c17-12-5-3-11(4-6-12)9-22-10-14(18)15(21-22)16(23)20-19-8-13-2-1-7-24-13/h1-8,10H,9H2,(H,20,23). The second-order valence-corrected chi connectivity index (χ2v) is 7.61. The molecule has 0 saturated carbocycles. The topological polar surface area (TPSA) is 59.3 Å². The van der Waals surface area contributed by atoms with E-state index in [9.17, 15) is 4.79 Å². The van der Waals surface area contributed by atoms with Crippen LogP contribution in [-0.2, 0) is 6.54 Å². The number of hydrazone groups is 1. The number of carbonyl (C=O) groups excluding carboxylic acids is 1. The second kappa shape index (κ2) is 7.87. The summed E-state index contributed by atoms with van der Waals surface area (Å²) in [5.74, 6) is -0.357. The van der Waals surface area contributed by atoms with E-state index in [0.29, 0.717) is 16.7 Å². The predicted molar refractivity (Wildman–Crippen MR) is 103 cm³/mol. The summed E-state index contributed by atoms with van der Waals surface area (Å²) in [6.45, 7) is 0.581. The van der Waals surface area contributed by atoms with Gasteiger partial charge in [0.05, 0.1) is 17.2 Å². The summed E-state index contributed by atoms with van der Waals surface area (Å²) in [6.07, 6.45) is 3.38. The third kappa shape index (κ3) is 4.40. The van der Waals surface area contributed by atoms with Gasteiger partial charge in [-0.15, -0.1) is 11.3 Å². The maximum absolute atomic E-state index is 12.2. The number of carbonyl (C=O) groups is 1. The minimum Gasteiger partial charge on any atom is -0.266 e. The Balaban J connectivity index is 1.66. The smallest absolute Gasteiger partial charge is 0.266 e. The largest absolute Gasteiger partial charge is 0.293 e. The van der Waals surface area contributed by atoms with Gasteiger partial charge >= 0.3 is 0 Å². The number of aromatic nitrogens is 2. The Hall–Kier alpha value is -1.77. The number of nitrogens with one attached hydrogen (secondary N) is 1. The van der Waals surface area contributed by atoms with Crippen LogP contribution in [0.4, 0.5) is 0 Å². The van der Waals surface area contributed by atoms with Gasteiger partial charge in [0.2, 0.25) is 0 Å². The first-order valence-corrected chi connectivity index (χ1v) is 9.43. The first-order valence-electron chi connectivity index (χ1n) is 6.96. The molecule has 2 aromatic heterocycles. The Bertz CT molecular complexity index is 857. The van der Waals surface area contributed by atoms with Crippen LogP contribution in [0.1, 0.15) is 20.9 Å². The SMILES string of the molecule is O=C(NN=Cc1cccs1)c1nn(Cc2ccc(Br)cc2)cc1Br. The van der Waals surface area contributed by atoms with Gasteiger partial charge in [-0.2, -0.15) is 10.2 Å². The van der Waals surface area contributed by atoms with Crippen LogP contribution in [0.25, 0.3) is 0 Å². The third-order valence-electron chi connectivity index (χ3n) is 3.09. The summed E-state index contributed by atoms with van der Waals surface area (Å²) < 4.78 is 3.37. The number of benzene rings is 1. The molecule has 0 radical (unpaired) electrons. The number of thiophene rings is 1. The monoisotopic (exact) mass is 466 g/mol. The van der Waals surface area contributed by atoms with Gasteiger partial charge < -0.3 is 0 Å². The summed E-state index contributed by atoms with van der Waals surface area (Å²) >= 11 is 8.33. The summed E-state index contributed by atoms with van der Waals surface area (Å²) in [5, 5.41) is 10.2. The fourth-order valence-electron chi connectivity index (χ4n) is 1.98. The van der Waals surface area contributed by atoms with Crippen LogP contribution >= 0.6 is 43.2 Å². The lowest BCUT2D eigenvalue weighted by atomic mass is 10.2. The minimum absolute atomic E-state index is 0.301. The molecule has 1 aromatic carbocycles. The van der Waals surface area contributed by atoms with Gasteiger partial charge in [-0.3, -0.25) is 9.48 Å². The maximum Gasteiger partial charge on any atom is 0.293 e. The van der Waals surface area contributed by atoms with Gasteiger partial charge in [0, 0.05) is 15.5 Å². The zero-order chi connectivity index (χ0) is 16.9. The molecule has 24 heavy (non-hydrogen) atoms. The molecule has 0 unspecified atom stereocenters. The molecule has 0 fully saturated rings. The van der Waals surface area contributed by atoms with E-state index in [1.165, 1.54) is 0 Å². The van der Waals surface area contributed by atoms with Crippen LogP contribution < -0.4 is 5.43 Å². The van der Waals surface area contributed by atoms with Crippen LogP contribution in [0.5, 0.6) is 0 Å². The zero-order valence-electron chi connectivity index (χ0n) is 12.3. The molecular formula is C16H12Br2N4OS. The molecule has 1 N–H and O–H groups in total. The van der Waals surface area contributed by atoms with Crippen molar-refractivity contribution >= 4 is 55.3 Å². The molecule has 0 saturated heterocycles. The van der Waals surface area contributed by atoms with Crippen LogP contribution in [0.2, 0.25) is 0 Å². The van der Waals surface area contributed by atoms with Crippen molar-refractivity contribution in [3.63, 3.8) is 0 Å². The average molecular weight is 468 g/mol. The Morgan fingerprint density at radius 1 is 1.29 bits per heavy atom. The zero-order valence-corrected chi connectivity index (χ0v) is 16.3. The van der Waals surface area contributed by atoms with Crippen molar-refractivity contribution in [2.24, 2.45) is 5.10 Å². The van der Waals surface area contributed by atoms with Gasteiger partial charge in [-0.1, -0.05) is 34.1 Å². The van der Waals surface area contributed by atoms with Gasteiger partial charge in [-0.25, -0.2) is 5.43 Å². The number of amides is 1. The highest BCUT2D eigenvalue weighted by Crippen LogP contribution is 2.17. The predicted octanol–water partition coefficient (Wildman–Crippen LogP) is 4.28. The van der Waals surface area contributed by atoms with Gasteiger partial charge in [-0.05, 0) is 45.1 Å². The lowest BCUT2D eigenvalue weighted by Gasteiger charge is -2.01.